The standard InChI is InChI=1S/C20H28N4O3/c1-11-16(19(26)27-6)12(2)22-17(11)18(25)23-14-8-7-9-15-13(14)10-21-24(15)20(3,4)5/h10,14,22H,7-9H2,1-6H3,(H,23,25)/t14-/m0/s1. The third-order valence-corrected chi connectivity index (χ3v) is 5.18. The van der Waals surface area contributed by atoms with Crippen molar-refractivity contribution in [2.75, 3.05) is 7.11 Å². The van der Waals surface area contributed by atoms with Crippen LogP contribution in [-0.4, -0.2) is 33.8 Å². The summed E-state index contributed by atoms with van der Waals surface area (Å²) in [5.41, 5.74) is 4.25. The predicted molar refractivity (Wildman–Crippen MR) is 102 cm³/mol. The molecule has 0 unspecified atom stereocenters. The van der Waals surface area contributed by atoms with Crippen LogP contribution < -0.4 is 5.32 Å². The molecule has 0 bridgehead atoms. The summed E-state index contributed by atoms with van der Waals surface area (Å²) in [5.74, 6) is -0.654. The van der Waals surface area contributed by atoms with Crippen LogP contribution in [0, 0.1) is 13.8 Å². The summed E-state index contributed by atoms with van der Waals surface area (Å²) < 4.78 is 6.88. The molecule has 2 aromatic rings. The fourth-order valence-corrected chi connectivity index (χ4v) is 3.90. The molecule has 7 nitrogen and oxygen atoms in total. The van der Waals surface area contributed by atoms with E-state index in [1.807, 2.05) is 6.20 Å². The lowest BCUT2D eigenvalue weighted by Gasteiger charge is -2.28. The number of carbonyl (C=O) groups excluding carboxylic acids is 2. The van der Waals surface area contributed by atoms with Crippen LogP contribution in [0.15, 0.2) is 6.20 Å². The molecule has 0 radical (unpaired) electrons. The number of aromatic amines is 1. The fourth-order valence-electron chi connectivity index (χ4n) is 3.90. The molecule has 2 heterocycles. The zero-order valence-corrected chi connectivity index (χ0v) is 16.9. The van der Waals surface area contributed by atoms with Crippen molar-refractivity contribution in [3.05, 3.63) is 40.0 Å². The highest BCUT2D eigenvalue weighted by molar-refractivity contribution is 6.00. The third-order valence-electron chi connectivity index (χ3n) is 5.18. The molecule has 0 spiro atoms. The van der Waals surface area contributed by atoms with Crippen LogP contribution in [0.4, 0.5) is 0 Å². The number of methoxy groups -OCH3 is 1. The van der Waals surface area contributed by atoms with Crippen molar-refractivity contribution in [1.82, 2.24) is 20.1 Å². The van der Waals surface area contributed by atoms with Gasteiger partial charge in [-0.3, -0.25) is 9.48 Å². The number of H-pyrrole nitrogens is 1. The largest absolute Gasteiger partial charge is 0.465 e. The van der Waals surface area contributed by atoms with E-state index in [2.05, 4.69) is 40.9 Å². The van der Waals surface area contributed by atoms with Gasteiger partial charge in [-0.15, -0.1) is 0 Å². The van der Waals surface area contributed by atoms with Crippen molar-refractivity contribution >= 4 is 11.9 Å². The lowest BCUT2D eigenvalue weighted by atomic mass is 9.92. The van der Waals surface area contributed by atoms with Crippen LogP contribution in [0.25, 0.3) is 0 Å². The topological polar surface area (TPSA) is 89.0 Å². The number of aromatic nitrogens is 3. The minimum Gasteiger partial charge on any atom is -0.465 e. The Kier molecular flexibility index (Phi) is 4.88. The minimum absolute atomic E-state index is 0.0815. The predicted octanol–water partition coefficient (Wildman–Crippen LogP) is 3.18. The lowest BCUT2D eigenvalue weighted by molar-refractivity contribution is 0.0599. The second-order valence-electron chi connectivity index (χ2n) is 8.16. The monoisotopic (exact) mass is 372 g/mol. The zero-order valence-electron chi connectivity index (χ0n) is 16.9. The van der Waals surface area contributed by atoms with Crippen molar-refractivity contribution < 1.29 is 14.3 Å². The number of fused-ring (bicyclic) bond motifs is 1. The van der Waals surface area contributed by atoms with Gasteiger partial charge in [-0.1, -0.05) is 0 Å². The molecule has 27 heavy (non-hydrogen) atoms. The first kappa shape index (κ1) is 19.2. The normalized spacial score (nSPS) is 16.7. The summed E-state index contributed by atoms with van der Waals surface area (Å²) in [6, 6.07) is -0.0815. The number of nitrogens with zero attached hydrogens (tertiary/aromatic N) is 2. The fraction of sp³-hybridized carbons (Fsp3) is 0.550. The molecule has 1 aliphatic carbocycles. The van der Waals surface area contributed by atoms with Gasteiger partial charge in [0.05, 0.1) is 30.5 Å². The second-order valence-corrected chi connectivity index (χ2v) is 8.16. The van der Waals surface area contributed by atoms with E-state index in [0.717, 1.165) is 24.8 Å². The summed E-state index contributed by atoms with van der Waals surface area (Å²) in [6.07, 6.45) is 4.70. The summed E-state index contributed by atoms with van der Waals surface area (Å²) in [4.78, 5) is 27.9. The van der Waals surface area contributed by atoms with Gasteiger partial charge in [0.2, 0.25) is 0 Å². The Hall–Kier alpha value is -2.57. The van der Waals surface area contributed by atoms with Gasteiger partial charge >= 0.3 is 5.97 Å². The average molecular weight is 372 g/mol. The maximum atomic E-state index is 12.9. The van der Waals surface area contributed by atoms with Crippen molar-refractivity contribution in [3.63, 3.8) is 0 Å². The van der Waals surface area contributed by atoms with Crippen molar-refractivity contribution in [2.24, 2.45) is 0 Å². The maximum absolute atomic E-state index is 12.9. The van der Waals surface area contributed by atoms with Crippen LogP contribution in [0.1, 0.15) is 83.0 Å². The van der Waals surface area contributed by atoms with Gasteiger partial charge in [-0.05, 0) is 59.4 Å². The molecule has 146 valence electrons. The minimum atomic E-state index is -0.438. The van der Waals surface area contributed by atoms with Gasteiger partial charge < -0.3 is 15.0 Å². The molecule has 0 saturated heterocycles. The molecule has 2 aromatic heterocycles. The number of aryl methyl sites for hydroxylation is 1. The summed E-state index contributed by atoms with van der Waals surface area (Å²) in [7, 11) is 1.34. The van der Waals surface area contributed by atoms with E-state index in [4.69, 9.17) is 4.74 Å². The highest BCUT2D eigenvalue weighted by Crippen LogP contribution is 2.32. The molecule has 1 atom stereocenters. The molecule has 1 aliphatic rings. The Morgan fingerprint density at radius 1 is 1.33 bits per heavy atom. The van der Waals surface area contributed by atoms with E-state index in [-0.39, 0.29) is 17.5 Å². The number of hydrogen-bond donors (Lipinski definition) is 2. The van der Waals surface area contributed by atoms with Crippen LogP contribution in [-0.2, 0) is 16.7 Å². The maximum Gasteiger partial charge on any atom is 0.339 e. The SMILES string of the molecule is COC(=O)c1c(C)[nH]c(C(=O)N[C@H]2CCCc3c2cnn3C(C)(C)C)c1C. The quantitative estimate of drug-likeness (QED) is 0.810. The van der Waals surface area contributed by atoms with Gasteiger partial charge in [0.15, 0.2) is 0 Å². The molecular formula is C20H28N4O3. The van der Waals surface area contributed by atoms with Crippen molar-refractivity contribution in [1.29, 1.82) is 0 Å². The van der Waals surface area contributed by atoms with E-state index >= 15 is 0 Å². The number of ether oxygens (including phenoxy) is 1. The molecule has 1 amide bonds. The van der Waals surface area contributed by atoms with Crippen LogP contribution >= 0.6 is 0 Å². The first-order chi connectivity index (χ1) is 12.6. The lowest BCUT2D eigenvalue weighted by Crippen LogP contribution is -2.33. The summed E-state index contributed by atoms with van der Waals surface area (Å²) in [5, 5.41) is 7.68. The molecule has 0 fully saturated rings. The summed E-state index contributed by atoms with van der Waals surface area (Å²) >= 11 is 0. The summed E-state index contributed by atoms with van der Waals surface area (Å²) in [6.45, 7) is 9.91. The van der Waals surface area contributed by atoms with Crippen LogP contribution in [0.2, 0.25) is 0 Å². The number of carbonyl (C=O) groups is 2. The number of hydrogen-bond acceptors (Lipinski definition) is 4. The van der Waals surface area contributed by atoms with Gasteiger partial charge in [-0.25, -0.2) is 4.79 Å². The van der Waals surface area contributed by atoms with Gasteiger partial charge in [0, 0.05) is 17.0 Å². The molecule has 0 aliphatic heterocycles. The highest BCUT2D eigenvalue weighted by atomic mass is 16.5. The first-order valence-corrected chi connectivity index (χ1v) is 9.30. The number of esters is 1. The van der Waals surface area contributed by atoms with Crippen molar-refractivity contribution in [2.45, 2.75) is 65.5 Å². The number of amides is 1. The molecule has 0 saturated carbocycles. The molecule has 7 heteroatoms. The Morgan fingerprint density at radius 2 is 2.04 bits per heavy atom. The van der Waals surface area contributed by atoms with Gasteiger partial charge in [0.1, 0.15) is 5.69 Å². The van der Waals surface area contributed by atoms with Gasteiger partial charge in [-0.2, -0.15) is 5.10 Å². The van der Waals surface area contributed by atoms with E-state index in [0.29, 0.717) is 22.5 Å². The highest BCUT2D eigenvalue weighted by Gasteiger charge is 2.30. The number of nitrogens with one attached hydrogen (secondary N) is 2. The van der Waals surface area contributed by atoms with E-state index in [1.165, 1.54) is 12.8 Å². The molecular weight excluding hydrogens is 344 g/mol. The van der Waals surface area contributed by atoms with E-state index < -0.39 is 5.97 Å². The Morgan fingerprint density at radius 3 is 2.67 bits per heavy atom. The van der Waals surface area contributed by atoms with E-state index in [1.54, 1.807) is 13.8 Å². The van der Waals surface area contributed by atoms with E-state index in [9.17, 15) is 9.59 Å². The van der Waals surface area contributed by atoms with Crippen LogP contribution in [0.3, 0.4) is 0 Å². The molecule has 3 rings (SSSR count). The zero-order chi connectivity index (χ0) is 19.9. The van der Waals surface area contributed by atoms with Crippen molar-refractivity contribution in [3.8, 4) is 0 Å². The second kappa shape index (κ2) is 6.87. The Balaban J connectivity index is 1.87. The van der Waals surface area contributed by atoms with Crippen LogP contribution in [0.5, 0.6) is 0 Å². The smallest absolute Gasteiger partial charge is 0.339 e. The first-order valence-electron chi connectivity index (χ1n) is 9.30. The Bertz CT molecular complexity index is 886. The Labute approximate surface area is 159 Å². The average Bonchev–Trinajstić information content (AvgIpc) is 3.16. The molecule has 2 N–H and O–H groups in total. The number of rotatable bonds is 3. The molecule has 0 aromatic carbocycles. The van der Waals surface area contributed by atoms with Gasteiger partial charge in [0.25, 0.3) is 5.91 Å². The third kappa shape index (κ3) is 3.38.